The molecule has 0 bridgehead atoms. The standard InChI is InChI=1S/C9H8Cl2FNO2/c1-2-15-9(14)8(12)7-5(10)3-13-4-6(7)11/h3-4,8H,2H2,1H3. The molecule has 0 saturated carbocycles. The molecule has 0 aliphatic rings. The summed E-state index contributed by atoms with van der Waals surface area (Å²) in [4.78, 5) is 14.8. The lowest BCUT2D eigenvalue weighted by atomic mass is 10.2. The van der Waals surface area contributed by atoms with Gasteiger partial charge in [0.15, 0.2) is 0 Å². The third-order valence-electron chi connectivity index (χ3n) is 1.64. The number of carbonyl (C=O) groups is 1. The monoisotopic (exact) mass is 251 g/mol. The Kier molecular flexibility index (Phi) is 4.29. The Balaban J connectivity index is 3.00. The lowest BCUT2D eigenvalue weighted by molar-refractivity contribution is -0.149. The molecular weight excluding hydrogens is 244 g/mol. The average molecular weight is 252 g/mol. The number of ether oxygens (including phenoxy) is 1. The van der Waals surface area contributed by atoms with Gasteiger partial charge in [0.2, 0.25) is 6.17 Å². The van der Waals surface area contributed by atoms with Crippen molar-refractivity contribution >= 4 is 29.2 Å². The fourth-order valence-corrected chi connectivity index (χ4v) is 1.55. The summed E-state index contributed by atoms with van der Waals surface area (Å²) in [5.41, 5.74) is -0.105. The number of rotatable bonds is 3. The van der Waals surface area contributed by atoms with Gasteiger partial charge >= 0.3 is 5.97 Å². The quantitative estimate of drug-likeness (QED) is 0.776. The summed E-state index contributed by atoms with van der Waals surface area (Å²) in [6.45, 7) is 1.68. The molecule has 1 aromatic heterocycles. The van der Waals surface area contributed by atoms with Gasteiger partial charge in [-0.05, 0) is 6.92 Å². The van der Waals surface area contributed by atoms with Crippen molar-refractivity contribution in [3.63, 3.8) is 0 Å². The second-order valence-corrected chi connectivity index (χ2v) is 3.45. The summed E-state index contributed by atoms with van der Waals surface area (Å²) in [5, 5.41) is 0.00565. The summed E-state index contributed by atoms with van der Waals surface area (Å²) in [7, 11) is 0. The predicted molar refractivity (Wildman–Crippen MR) is 54.7 cm³/mol. The van der Waals surface area contributed by atoms with Gasteiger partial charge in [0.1, 0.15) is 0 Å². The number of pyridine rings is 1. The zero-order valence-corrected chi connectivity index (χ0v) is 9.35. The summed E-state index contributed by atoms with van der Waals surface area (Å²) >= 11 is 11.3. The molecule has 1 atom stereocenters. The second kappa shape index (κ2) is 5.28. The third-order valence-corrected chi connectivity index (χ3v) is 2.24. The Morgan fingerprint density at radius 3 is 2.53 bits per heavy atom. The van der Waals surface area contributed by atoms with Crippen LogP contribution in [0.15, 0.2) is 12.4 Å². The number of halogens is 3. The topological polar surface area (TPSA) is 39.2 Å². The molecule has 0 spiro atoms. The minimum absolute atomic E-state index is 0.00283. The molecule has 82 valence electrons. The van der Waals surface area contributed by atoms with E-state index in [1.165, 1.54) is 12.4 Å². The molecule has 1 heterocycles. The Morgan fingerprint density at radius 2 is 2.07 bits per heavy atom. The van der Waals surface area contributed by atoms with Gasteiger partial charge in [0, 0.05) is 18.0 Å². The first kappa shape index (κ1) is 12.2. The lowest BCUT2D eigenvalue weighted by Gasteiger charge is -2.10. The molecule has 0 radical (unpaired) electrons. The molecule has 1 aromatic rings. The van der Waals surface area contributed by atoms with Crippen LogP contribution in [0.2, 0.25) is 10.0 Å². The van der Waals surface area contributed by atoms with Crippen LogP contribution in [0.5, 0.6) is 0 Å². The fourth-order valence-electron chi connectivity index (χ4n) is 0.997. The smallest absolute Gasteiger partial charge is 0.345 e. The fraction of sp³-hybridized carbons (Fsp3) is 0.333. The molecule has 0 fully saturated rings. The van der Waals surface area contributed by atoms with Crippen LogP contribution < -0.4 is 0 Å². The molecule has 0 amide bonds. The Hall–Kier alpha value is -0.870. The van der Waals surface area contributed by atoms with E-state index in [0.717, 1.165) is 0 Å². The number of aromatic nitrogens is 1. The first-order valence-electron chi connectivity index (χ1n) is 4.17. The van der Waals surface area contributed by atoms with E-state index in [9.17, 15) is 9.18 Å². The predicted octanol–water partition coefficient (Wildman–Crippen LogP) is 2.96. The van der Waals surface area contributed by atoms with Crippen molar-refractivity contribution in [2.45, 2.75) is 13.1 Å². The average Bonchev–Trinajstić information content (AvgIpc) is 2.17. The number of esters is 1. The highest BCUT2D eigenvalue weighted by Gasteiger charge is 2.26. The van der Waals surface area contributed by atoms with E-state index in [1.807, 2.05) is 0 Å². The van der Waals surface area contributed by atoms with Crippen LogP contribution in [0.25, 0.3) is 0 Å². The maximum atomic E-state index is 13.6. The molecule has 6 heteroatoms. The van der Waals surface area contributed by atoms with Gasteiger partial charge in [-0.2, -0.15) is 0 Å². The van der Waals surface area contributed by atoms with Crippen LogP contribution in [-0.2, 0) is 9.53 Å². The van der Waals surface area contributed by atoms with Gasteiger partial charge < -0.3 is 4.74 Å². The molecule has 1 rings (SSSR count). The van der Waals surface area contributed by atoms with E-state index in [2.05, 4.69) is 9.72 Å². The largest absolute Gasteiger partial charge is 0.464 e. The van der Waals surface area contributed by atoms with E-state index in [1.54, 1.807) is 6.92 Å². The lowest BCUT2D eigenvalue weighted by Crippen LogP contribution is -2.12. The van der Waals surface area contributed by atoms with Crippen LogP contribution in [0.4, 0.5) is 4.39 Å². The number of alkyl halides is 1. The highest BCUT2D eigenvalue weighted by atomic mass is 35.5. The van der Waals surface area contributed by atoms with Crippen molar-refractivity contribution in [1.82, 2.24) is 4.98 Å². The number of hydrogen-bond donors (Lipinski definition) is 0. The highest BCUT2D eigenvalue weighted by molar-refractivity contribution is 6.36. The summed E-state index contributed by atoms with van der Waals surface area (Å²) in [5.74, 6) is -1.01. The molecule has 3 nitrogen and oxygen atoms in total. The van der Waals surface area contributed by atoms with Crippen LogP contribution in [0.1, 0.15) is 18.7 Å². The SMILES string of the molecule is CCOC(=O)C(F)c1c(Cl)cncc1Cl. The van der Waals surface area contributed by atoms with E-state index in [0.29, 0.717) is 0 Å². The van der Waals surface area contributed by atoms with Gasteiger partial charge in [0.05, 0.1) is 16.7 Å². The van der Waals surface area contributed by atoms with Crippen molar-refractivity contribution in [3.8, 4) is 0 Å². The maximum Gasteiger partial charge on any atom is 0.345 e. The van der Waals surface area contributed by atoms with E-state index >= 15 is 0 Å². The minimum Gasteiger partial charge on any atom is -0.464 e. The van der Waals surface area contributed by atoms with E-state index < -0.39 is 12.1 Å². The molecular formula is C9H8Cl2FNO2. The van der Waals surface area contributed by atoms with Crippen molar-refractivity contribution in [3.05, 3.63) is 28.0 Å². The molecule has 0 aliphatic carbocycles. The zero-order chi connectivity index (χ0) is 11.4. The second-order valence-electron chi connectivity index (χ2n) is 2.63. The Bertz CT molecular complexity index is 353. The first-order valence-corrected chi connectivity index (χ1v) is 4.93. The van der Waals surface area contributed by atoms with E-state index in [-0.39, 0.29) is 22.2 Å². The minimum atomic E-state index is -1.98. The molecule has 0 aromatic carbocycles. The summed E-state index contributed by atoms with van der Waals surface area (Å²) < 4.78 is 18.1. The van der Waals surface area contributed by atoms with Crippen molar-refractivity contribution in [2.24, 2.45) is 0 Å². The van der Waals surface area contributed by atoms with Gasteiger partial charge in [-0.1, -0.05) is 23.2 Å². The molecule has 0 saturated heterocycles. The molecule has 15 heavy (non-hydrogen) atoms. The zero-order valence-electron chi connectivity index (χ0n) is 7.84. The summed E-state index contributed by atoms with van der Waals surface area (Å²) in [6, 6.07) is 0. The van der Waals surface area contributed by atoms with Gasteiger partial charge in [-0.25, -0.2) is 9.18 Å². The number of carbonyl (C=O) groups excluding carboxylic acids is 1. The van der Waals surface area contributed by atoms with Crippen molar-refractivity contribution < 1.29 is 13.9 Å². The van der Waals surface area contributed by atoms with Crippen LogP contribution >= 0.6 is 23.2 Å². The van der Waals surface area contributed by atoms with Crippen LogP contribution in [0.3, 0.4) is 0 Å². The van der Waals surface area contributed by atoms with Crippen molar-refractivity contribution in [1.29, 1.82) is 0 Å². The van der Waals surface area contributed by atoms with Crippen LogP contribution in [-0.4, -0.2) is 17.6 Å². The Morgan fingerprint density at radius 1 is 1.53 bits per heavy atom. The molecule has 0 aliphatic heterocycles. The third kappa shape index (κ3) is 2.79. The van der Waals surface area contributed by atoms with Gasteiger partial charge in [-0.15, -0.1) is 0 Å². The highest BCUT2D eigenvalue weighted by Crippen LogP contribution is 2.32. The maximum absolute atomic E-state index is 13.6. The van der Waals surface area contributed by atoms with Gasteiger partial charge in [0.25, 0.3) is 0 Å². The summed E-state index contributed by atoms with van der Waals surface area (Å²) in [6.07, 6.45) is 0.455. The Labute approximate surface area is 96.2 Å². The normalized spacial score (nSPS) is 12.3. The number of nitrogens with zero attached hydrogens (tertiary/aromatic N) is 1. The number of hydrogen-bond acceptors (Lipinski definition) is 3. The molecule has 1 unspecified atom stereocenters. The van der Waals surface area contributed by atoms with Gasteiger partial charge in [-0.3, -0.25) is 4.98 Å². The van der Waals surface area contributed by atoms with Crippen LogP contribution in [0, 0.1) is 0 Å². The van der Waals surface area contributed by atoms with Crippen molar-refractivity contribution in [2.75, 3.05) is 6.61 Å². The molecule has 0 N–H and O–H groups in total. The van der Waals surface area contributed by atoms with E-state index in [4.69, 9.17) is 23.2 Å². The first-order chi connectivity index (χ1) is 7.07.